The SMILES string of the molecule is CN1CCC(Oc2ccc3ccccc3c2Cc2nc3ccccc3s2)CC1. The van der Waals surface area contributed by atoms with E-state index in [0.29, 0.717) is 6.10 Å². The first kappa shape index (κ1) is 17.7. The number of nitrogens with zero attached hydrogens (tertiary/aromatic N) is 2. The van der Waals surface area contributed by atoms with E-state index in [-0.39, 0.29) is 0 Å². The molecule has 4 heteroatoms. The minimum absolute atomic E-state index is 0.298. The van der Waals surface area contributed by atoms with Gasteiger partial charge in [-0.05, 0) is 48.9 Å². The van der Waals surface area contributed by atoms with Crippen LogP contribution < -0.4 is 4.74 Å². The minimum Gasteiger partial charge on any atom is -0.490 e. The summed E-state index contributed by atoms with van der Waals surface area (Å²) >= 11 is 1.78. The van der Waals surface area contributed by atoms with Crippen molar-refractivity contribution in [3.8, 4) is 5.75 Å². The van der Waals surface area contributed by atoms with E-state index in [9.17, 15) is 0 Å². The van der Waals surface area contributed by atoms with Crippen LogP contribution in [0.15, 0.2) is 60.7 Å². The number of hydrogen-bond acceptors (Lipinski definition) is 4. The maximum Gasteiger partial charge on any atom is 0.123 e. The maximum atomic E-state index is 6.54. The molecule has 1 saturated heterocycles. The molecule has 0 atom stereocenters. The zero-order valence-electron chi connectivity index (χ0n) is 16.1. The third-order valence-corrected chi connectivity index (χ3v) is 6.66. The van der Waals surface area contributed by atoms with Gasteiger partial charge >= 0.3 is 0 Å². The van der Waals surface area contributed by atoms with Gasteiger partial charge in [0.2, 0.25) is 0 Å². The molecule has 5 rings (SSSR count). The highest BCUT2D eigenvalue weighted by Gasteiger charge is 2.20. The van der Waals surface area contributed by atoms with Crippen molar-refractivity contribution < 1.29 is 4.74 Å². The number of piperidine rings is 1. The molecule has 2 heterocycles. The van der Waals surface area contributed by atoms with Gasteiger partial charge in [0.1, 0.15) is 11.9 Å². The van der Waals surface area contributed by atoms with Crippen LogP contribution in [0.3, 0.4) is 0 Å². The lowest BCUT2D eigenvalue weighted by Crippen LogP contribution is -2.35. The number of hydrogen-bond donors (Lipinski definition) is 0. The van der Waals surface area contributed by atoms with Gasteiger partial charge in [0, 0.05) is 25.1 Å². The summed E-state index contributed by atoms with van der Waals surface area (Å²) in [5.74, 6) is 1.02. The maximum absolute atomic E-state index is 6.54. The number of likely N-dealkylation sites (tertiary alicyclic amines) is 1. The number of para-hydroxylation sites is 1. The van der Waals surface area contributed by atoms with Crippen molar-refractivity contribution in [2.75, 3.05) is 20.1 Å². The topological polar surface area (TPSA) is 25.4 Å². The molecule has 0 bridgehead atoms. The Kier molecular flexibility index (Phi) is 4.75. The van der Waals surface area contributed by atoms with E-state index in [1.165, 1.54) is 21.0 Å². The molecule has 1 aliphatic rings. The van der Waals surface area contributed by atoms with E-state index >= 15 is 0 Å². The highest BCUT2D eigenvalue weighted by molar-refractivity contribution is 7.18. The lowest BCUT2D eigenvalue weighted by atomic mass is 10.0. The minimum atomic E-state index is 0.298. The fraction of sp³-hybridized carbons (Fsp3) is 0.292. The molecule has 1 aromatic heterocycles. The lowest BCUT2D eigenvalue weighted by Gasteiger charge is -2.30. The van der Waals surface area contributed by atoms with E-state index in [0.717, 1.165) is 48.6 Å². The second kappa shape index (κ2) is 7.53. The average Bonchev–Trinajstić information content (AvgIpc) is 3.14. The van der Waals surface area contributed by atoms with Crippen molar-refractivity contribution >= 4 is 32.3 Å². The molecule has 1 aliphatic heterocycles. The summed E-state index contributed by atoms with van der Waals surface area (Å²) in [6, 6.07) is 21.3. The van der Waals surface area contributed by atoms with E-state index in [1.54, 1.807) is 11.3 Å². The van der Waals surface area contributed by atoms with Gasteiger partial charge in [-0.25, -0.2) is 4.98 Å². The largest absolute Gasteiger partial charge is 0.490 e. The second-order valence-electron chi connectivity index (χ2n) is 7.64. The molecule has 0 saturated carbocycles. The van der Waals surface area contributed by atoms with Crippen molar-refractivity contribution in [2.45, 2.75) is 25.4 Å². The van der Waals surface area contributed by atoms with Crippen molar-refractivity contribution in [1.29, 1.82) is 0 Å². The van der Waals surface area contributed by atoms with E-state index in [2.05, 4.69) is 72.6 Å². The number of ether oxygens (including phenoxy) is 1. The Morgan fingerprint density at radius 2 is 1.79 bits per heavy atom. The summed E-state index contributed by atoms with van der Waals surface area (Å²) in [4.78, 5) is 7.25. The lowest BCUT2D eigenvalue weighted by molar-refractivity contribution is 0.113. The molecule has 0 aliphatic carbocycles. The first-order chi connectivity index (χ1) is 13.8. The molecule has 0 amide bonds. The summed E-state index contributed by atoms with van der Waals surface area (Å²) < 4.78 is 7.79. The Bertz CT molecular complexity index is 1080. The smallest absolute Gasteiger partial charge is 0.123 e. The van der Waals surface area contributed by atoms with Gasteiger partial charge in [0.25, 0.3) is 0 Å². The van der Waals surface area contributed by atoms with Crippen molar-refractivity contribution in [3.05, 3.63) is 71.2 Å². The van der Waals surface area contributed by atoms with E-state index in [1.807, 2.05) is 0 Å². The molecule has 0 unspecified atom stereocenters. The highest BCUT2D eigenvalue weighted by Crippen LogP contribution is 2.34. The third kappa shape index (κ3) is 3.50. The zero-order valence-corrected chi connectivity index (χ0v) is 16.9. The van der Waals surface area contributed by atoms with Gasteiger partial charge in [0.15, 0.2) is 0 Å². The number of fused-ring (bicyclic) bond motifs is 2. The summed E-state index contributed by atoms with van der Waals surface area (Å²) in [5.41, 5.74) is 2.34. The summed E-state index contributed by atoms with van der Waals surface area (Å²) in [5, 5.41) is 3.67. The first-order valence-corrected chi connectivity index (χ1v) is 10.8. The highest BCUT2D eigenvalue weighted by atomic mass is 32.1. The van der Waals surface area contributed by atoms with Crippen LogP contribution in [0.5, 0.6) is 5.75 Å². The van der Waals surface area contributed by atoms with Gasteiger partial charge < -0.3 is 9.64 Å². The monoisotopic (exact) mass is 388 g/mol. The molecule has 3 nitrogen and oxygen atoms in total. The quantitative estimate of drug-likeness (QED) is 0.461. The average molecular weight is 389 g/mol. The molecule has 0 spiro atoms. The second-order valence-corrected chi connectivity index (χ2v) is 8.75. The van der Waals surface area contributed by atoms with Crippen LogP contribution in [-0.2, 0) is 6.42 Å². The summed E-state index contributed by atoms with van der Waals surface area (Å²) in [6.07, 6.45) is 3.28. The van der Waals surface area contributed by atoms with Crippen LogP contribution in [0.25, 0.3) is 21.0 Å². The molecule has 1 fully saturated rings. The molecule has 0 radical (unpaired) electrons. The standard InChI is InChI=1S/C24H24N2OS/c1-26-14-12-18(13-15-26)27-22-11-10-17-6-2-3-7-19(17)20(22)16-24-25-21-8-4-5-9-23(21)28-24/h2-11,18H,12-16H2,1H3. The zero-order chi connectivity index (χ0) is 18.9. The van der Waals surface area contributed by atoms with Crippen LogP contribution >= 0.6 is 11.3 Å². The van der Waals surface area contributed by atoms with Crippen LogP contribution in [-0.4, -0.2) is 36.1 Å². The Morgan fingerprint density at radius 3 is 2.64 bits per heavy atom. The van der Waals surface area contributed by atoms with Gasteiger partial charge in [-0.2, -0.15) is 0 Å². The van der Waals surface area contributed by atoms with Crippen molar-refractivity contribution in [2.24, 2.45) is 0 Å². The van der Waals surface area contributed by atoms with Gasteiger partial charge in [-0.3, -0.25) is 0 Å². The third-order valence-electron chi connectivity index (χ3n) is 5.62. The molecular formula is C24H24N2OS. The van der Waals surface area contributed by atoms with Crippen molar-refractivity contribution in [1.82, 2.24) is 9.88 Å². The first-order valence-electron chi connectivity index (χ1n) is 9.96. The molecule has 0 N–H and O–H groups in total. The predicted octanol–water partition coefficient (Wildman–Crippen LogP) is 5.51. The van der Waals surface area contributed by atoms with Crippen LogP contribution in [0.4, 0.5) is 0 Å². The Labute approximate surface area is 169 Å². The van der Waals surface area contributed by atoms with Gasteiger partial charge in [-0.15, -0.1) is 11.3 Å². The number of aromatic nitrogens is 1. The van der Waals surface area contributed by atoms with Gasteiger partial charge in [-0.1, -0.05) is 42.5 Å². The molecule has 3 aromatic carbocycles. The van der Waals surface area contributed by atoms with Crippen molar-refractivity contribution in [3.63, 3.8) is 0 Å². The molecule has 4 aromatic rings. The fourth-order valence-corrected chi connectivity index (χ4v) is 5.02. The predicted molar refractivity (Wildman–Crippen MR) is 118 cm³/mol. The Balaban J connectivity index is 1.52. The normalized spacial score (nSPS) is 16.0. The Hall–Kier alpha value is -2.43. The Morgan fingerprint density at radius 1 is 1.00 bits per heavy atom. The van der Waals surface area contributed by atoms with E-state index in [4.69, 9.17) is 9.72 Å². The van der Waals surface area contributed by atoms with Gasteiger partial charge in [0.05, 0.1) is 15.2 Å². The summed E-state index contributed by atoms with van der Waals surface area (Å²) in [6.45, 7) is 2.21. The number of thiazole rings is 1. The fourth-order valence-electron chi connectivity index (χ4n) is 4.04. The van der Waals surface area contributed by atoms with E-state index < -0.39 is 0 Å². The molecule has 142 valence electrons. The number of rotatable bonds is 4. The van der Waals surface area contributed by atoms with Crippen LogP contribution in [0, 0.1) is 0 Å². The van der Waals surface area contributed by atoms with Crippen LogP contribution in [0.1, 0.15) is 23.4 Å². The van der Waals surface area contributed by atoms with Crippen LogP contribution in [0.2, 0.25) is 0 Å². The summed E-state index contributed by atoms with van der Waals surface area (Å²) in [7, 11) is 2.19. The molecular weight excluding hydrogens is 364 g/mol. The number of benzene rings is 3. The molecule has 28 heavy (non-hydrogen) atoms.